The smallest absolute Gasteiger partial charge is 0.408 e. The average Bonchev–Trinajstić information content (AvgIpc) is 3.18. The Morgan fingerprint density at radius 3 is 2.49 bits per heavy atom. The number of ether oxygens (including phenoxy) is 2. The first kappa shape index (κ1) is 23.2. The lowest BCUT2D eigenvalue weighted by atomic mass is 10.1. The Bertz CT molecular complexity index is 1390. The lowest BCUT2D eigenvalue weighted by molar-refractivity contribution is -0.117. The van der Waals surface area contributed by atoms with E-state index in [0.717, 1.165) is 11.1 Å². The fourth-order valence-corrected chi connectivity index (χ4v) is 3.38. The van der Waals surface area contributed by atoms with Gasteiger partial charge < -0.3 is 30.8 Å². The Hall–Kier alpha value is -4.97. The topological polar surface area (TPSA) is 142 Å². The fraction of sp³-hybridized carbons (Fsp3) is 0.115. The van der Waals surface area contributed by atoms with E-state index in [1.165, 1.54) is 0 Å². The number of alkyl carbamates (subject to hydrolysis) is 1. The number of nitriles is 1. The molecular weight excluding hydrogens is 446 g/mol. The summed E-state index contributed by atoms with van der Waals surface area (Å²) in [5.41, 5.74) is 8.33. The highest BCUT2D eigenvalue weighted by atomic mass is 16.5. The van der Waals surface area contributed by atoms with Gasteiger partial charge in [0.2, 0.25) is 5.91 Å². The summed E-state index contributed by atoms with van der Waals surface area (Å²) in [6.45, 7) is 1.68. The monoisotopic (exact) mass is 469 g/mol. The Morgan fingerprint density at radius 2 is 1.77 bits per heavy atom. The predicted molar refractivity (Wildman–Crippen MR) is 132 cm³/mol. The van der Waals surface area contributed by atoms with Gasteiger partial charge in [-0.05, 0) is 55.0 Å². The van der Waals surface area contributed by atoms with Gasteiger partial charge in [0.25, 0.3) is 0 Å². The van der Waals surface area contributed by atoms with E-state index in [2.05, 4.69) is 21.7 Å². The zero-order valence-electron chi connectivity index (χ0n) is 18.9. The normalized spacial score (nSPS) is 11.3. The first-order valence-corrected chi connectivity index (χ1v) is 10.8. The number of nitrogens with zero attached hydrogens (tertiary/aromatic N) is 1. The van der Waals surface area contributed by atoms with E-state index in [-0.39, 0.29) is 6.61 Å². The van der Waals surface area contributed by atoms with Gasteiger partial charge in [-0.2, -0.15) is 5.26 Å². The van der Waals surface area contributed by atoms with Crippen molar-refractivity contribution in [1.29, 1.82) is 5.26 Å². The first-order valence-electron chi connectivity index (χ1n) is 10.8. The minimum Gasteiger partial charge on any atom is -0.457 e. The van der Waals surface area contributed by atoms with E-state index >= 15 is 0 Å². The van der Waals surface area contributed by atoms with Crippen LogP contribution >= 0.6 is 0 Å². The maximum absolute atomic E-state index is 12.4. The summed E-state index contributed by atoms with van der Waals surface area (Å²) in [5, 5.41) is 15.2. The zero-order chi connectivity index (χ0) is 24.8. The van der Waals surface area contributed by atoms with E-state index in [4.69, 9.17) is 15.2 Å². The van der Waals surface area contributed by atoms with Crippen molar-refractivity contribution in [2.45, 2.75) is 19.6 Å². The molecule has 9 nitrogen and oxygen atoms in total. The van der Waals surface area contributed by atoms with E-state index < -0.39 is 18.0 Å². The molecule has 1 atom stereocenters. The standard InChI is InChI=1S/C26H23N5O4/c1-16(29-26(33)34-15-17-5-3-2-4-6-17)25(32)30-18-7-9-19(10-8-18)35-20-11-12-23-21(13-20)22(14-27)24(28)31-23/h2-13,16,31H,15,28H2,1H3,(H,29,33)(H,30,32)/t16-/m0/s1. The summed E-state index contributed by atoms with van der Waals surface area (Å²) in [7, 11) is 0. The van der Waals surface area contributed by atoms with Gasteiger partial charge in [-0.15, -0.1) is 0 Å². The van der Waals surface area contributed by atoms with Crippen LogP contribution in [-0.4, -0.2) is 23.0 Å². The summed E-state index contributed by atoms with van der Waals surface area (Å²) < 4.78 is 11.0. The van der Waals surface area contributed by atoms with Crippen LogP contribution in [0.5, 0.6) is 11.5 Å². The van der Waals surface area contributed by atoms with Gasteiger partial charge in [0, 0.05) is 16.6 Å². The summed E-state index contributed by atoms with van der Waals surface area (Å²) in [6, 6.07) is 22.6. The van der Waals surface area contributed by atoms with Gasteiger partial charge in [0.15, 0.2) is 0 Å². The molecule has 4 aromatic rings. The molecule has 0 aliphatic rings. The van der Waals surface area contributed by atoms with Crippen LogP contribution in [0.3, 0.4) is 0 Å². The number of rotatable bonds is 7. The van der Waals surface area contributed by atoms with Crippen molar-refractivity contribution in [2.75, 3.05) is 11.1 Å². The summed E-state index contributed by atoms with van der Waals surface area (Å²) in [4.78, 5) is 27.4. The quantitative estimate of drug-likeness (QED) is 0.310. The molecule has 0 radical (unpaired) electrons. The highest BCUT2D eigenvalue weighted by Crippen LogP contribution is 2.30. The second kappa shape index (κ2) is 10.3. The molecule has 0 unspecified atom stereocenters. The van der Waals surface area contributed by atoms with Crippen LogP contribution in [0.1, 0.15) is 18.1 Å². The van der Waals surface area contributed by atoms with Gasteiger partial charge in [-0.25, -0.2) is 4.79 Å². The summed E-state index contributed by atoms with van der Waals surface area (Å²) in [6.07, 6.45) is -0.680. The lowest BCUT2D eigenvalue weighted by Crippen LogP contribution is -2.41. The third-order valence-corrected chi connectivity index (χ3v) is 5.21. The third-order valence-electron chi connectivity index (χ3n) is 5.21. The van der Waals surface area contributed by atoms with Crippen molar-refractivity contribution in [2.24, 2.45) is 0 Å². The molecule has 0 saturated heterocycles. The van der Waals surface area contributed by atoms with Gasteiger partial charge in [-0.1, -0.05) is 30.3 Å². The van der Waals surface area contributed by atoms with E-state index in [1.807, 2.05) is 30.3 Å². The molecule has 0 fully saturated rings. The Morgan fingerprint density at radius 1 is 1.06 bits per heavy atom. The van der Waals surface area contributed by atoms with Crippen LogP contribution in [-0.2, 0) is 16.1 Å². The molecule has 1 heterocycles. The minimum atomic E-state index is -0.802. The van der Waals surface area contributed by atoms with E-state index in [1.54, 1.807) is 49.4 Å². The number of nitrogens with two attached hydrogens (primary N) is 1. The Balaban J connectivity index is 1.30. The molecule has 9 heteroatoms. The molecule has 3 aromatic carbocycles. The molecular formula is C26H23N5O4. The van der Waals surface area contributed by atoms with Gasteiger partial charge in [0.05, 0.1) is 0 Å². The van der Waals surface area contributed by atoms with Crippen LogP contribution in [0.4, 0.5) is 16.3 Å². The highest BCUT2D eigenvalue weighted by Gasteiger charge is 2.17. The molecule has 0 aliphatic carbocycles. The number of H-pyrrole nitrogens is 1. The second-order valence-corrected chi connectivity index (χ2v) is 7.78. The zero-order valence-corrected chi connectivity index (χ0v) is 18.9. The number of fused-ring (bicyclic) bond motifs is 1. The number of aromatic amines is 1. The minimum absolute atomic E-state index is 0.116. The van der Waals surface area contributed by atoms with Crippen LogP contribution in [0.2, 0.25) is 0 Å². The summed E-state index contributed by atoms with van der Waals surface area (Å²) >= 11 is 0. The number of carbonyl (C=O) groups excluding carboxylic acids is 2. The lowest BCUT2D eigenvalue weighted by Gasteiger charge is -2.14. The van der Waals surface area contributed by atoms with Crippen molar-refractivity contribution < 1.29 is 19.1 Å². The maximum Gasteiger partial charge on any atom is 0.408 e. The Labute approximate surface area is 201 Å². The van der Waals surface area contributed by atoms with Crippen molar-refractivity contribution in [3.05, 3.63) is 83.9 Å². The van der Waals surface area contributed by atoms with Crippen LogP contribution < -0.4 is 21.1 Å². The fourth-order valence-electron chi connectivity index (χ4n) is 3.38. The molecule has 176 valence electrons. The molecule has 2 amide bonds. The average molecular weight is 470 g/mol. The molecule has 5 N–H and O–H groups in total. The van der Waals surface area contributed by atoms with Crippen LogP contribution in [0.25, 0.3) is 10.9 Å². The highest BCUT2D eigenvalue weighted by molar-refractivity contribution is 5.96. The number of anilines is 2. The number of hydrogen-bond donors (Lipinski definition) is 4. The molecule has 0 spiro atoms. The molecule has 0 aliphatic heterocycles. The van der Waals surface area contributed by atoms with Crippen molar-refractivity contribution in [3.8, 4) is 17.6 Å². The molecule has 0 saturated carbocycles. The number of aromatic nitrogens is 1. The number of amides is 2. The predicted octanol–water partition coefficient (Wildman–Crippen LogP) is 4.67. The van der Waals surface area contributed by atoms with Gasteiger partial charge in [0.1, 0.15) is 41.6 Å². The van der Waals surface area contributed by atoms with E-state index in [0.29, 0.717) is 34.0 Å². The van der Waals surface area contributed by atoms with Gasteiger partial charge in [-0.3, -0.25) is 4.79 Å². The summed E-state index contributed by atoms with van der Waals surface area (Å²) in [5.74, 6) is 0.999. The largest absolute Gasteiger partial charge is 0.457 e. The molecule has 1 aromatic heterocycles. The number of nitrogen functional groups attached to an aromatic ring is 1. The number of benzene rings is 3. The van der Waals surface area contributed by atoms with E-state index in [9.17, 15) is 14.9 Å². The number of carbonyl (C=O) groups is 2. The van der Waals surface area contributed by atoms with Crippen molar-refractivity contribution >= 4 is 34.4 Å². The maximum atomic E-state index is 12.4. The van der Waals surface area contributed by atoms with Crippen molar-refractivity contribution in [3.63, 3.8) is 0 Å². The molecule has 4 rings (SSSR count). The second-order valence-electron chi connectivity index (χ2n) is 7.78. The van der Waals surface area contributed by atoms with Gasteiger partial charge >= 0.3 is 6.09 Å². The molecule has 0 bridgehead atoms. The number of hydrogen-bond acceptors (Lipinski definition) is 6. The first-order chi connectivity index (χ1) is 16.9. The van der Waals surface area contributed by atoms with Crippen molar-refractivity contribution in [1.82, 2.24) is 10.3 Å². The van der Waals surface area contributed by atoms with Crippen LogP contribution in [0, 0.1) is 11.3 Å². The Kier molecular flexibility index (Phi) is 6.83. The third kappa shape index (κ3) is 5.69. The van der Waals surface area contributed by atoms with Crippen LogP contribution in [0.15, 0.2) is 72.8 Å². The molecule has 35 heavy (non-hydrogen) atoms. The SMILES string of the molecule is C[C@H](NC(=O)OCc1ccccc1)C(=O)Nc1ccc(Oc2ccc3[nH]c(N)c(C#N)c3c2)cc1. The number of nitrogens with one attached hydrogen (secondary N) is 3.